The lowest BCUT2D eigenvalue weighted by atomic mass is 10.0. The van der Waals surface area contributed by atoms with E-state index in [0.717, 1.165) is 12.0 Å². The van der Waals surface area contributed by atoms with Gasteiger partial charge in [0.05, 0.1) is 0 Å². The zero-order chi connectivity index (χ0) is 17.1. The molecule has 1 nitrogen and oxygen atoms in total. The van der Waals surface area contributed by atoms with Gasteiger partial charge in [0.25, 0.3) is 0 Å². The Morgan fingerprint density at radius 1 is 1.17 bits per heavy atom. The van der Waals surface area contributed by atoms with Crippen molar-refractivity contribution < 1.29 is 4.39 Å². The van der Waals surface area contributed by atoms with Crippen LogP contribution in [0.15, 0.2) is 53.4 Å². The van der Waals surface area contributed by atoms with E-state index in [0.29, 0.717) is 17.3 Å². The van der Waals surface area contributed by atoms with Crippen LogP contribution in [0.25, 0.3) is 0 Å². The Labute approximate surface area is 149 Å². The summed E-state index contributed by atoms with van der Waals surface area (Å²) >= 11 is 1.98. The van der Waals surface area contributed by atoms with Crippen LogP contribution in [0.2, 0.25) is 0 Å². The molecule has 0 radical (unpaired) electrons. The minimum absolute atomic E-state index is 0.137. The molecule has 3 heteroatoms. The predicted molar refractivity (Wildman–Crippen MR) is 101 cm³/mol. The molecule has 0 spiro atoms. The van der Waals surface area contributed by atoms with Gasteiger partial charge in [0, 0.05) is 22.2 Å². The summed E-state index contributed by atoms with van der Waals surface area (Å²) in [5.41, 5.74) is 2.40. The van der Waals surface area contributed by atoms with Crippen molar-refractivity contribution in [2.75, 3.05) is 7.05 Å². The number of hydrogen-bond donors (Lipinski definition) is 0. The summed E-state index contributed by atoms with van der Waals surface area (Å²) in [6.45, 7) is 4.37. The lowest BCUT2D eigenvalue weighted by molar-refractivity contribution is 0.233. The fraction of sp³-hybridized carbons (Fsp3) is 0.429. The molecule has 0 bridgehead atoms. The first kappa shape index (κ1) is 17.5. The average Bonchev–Trinajstić information content (AvgIpc) is 2.87. The maximum atomic E-state index is 13.7. The lowest BCUT2D eigenvalue weighted by Gasteiger charge is -2.27. The van der Waals surface area contributed by atoms with Crippen LogP contribution in [0, 0.1) is 12.7 Å². The van der Waals surface area contributed by atoms with Gasteiger partial charge < -0.3 is 0 Å². The topological polar surface area (TPSA) is 3.24 Å². The van der Waals surface area contributed by atoms with E-state index in [9.17, 15) is 4.39 Å². The Morgan fingerprint density at radius 2 is 1.92 bits per heavy atom. The van der Waals surface area contributed by atoms with Gasteiger partial charge in [-0.1, -0.05) is 43.2 Å². The average molecular weight is 344 g/mol. The van der Waals surface area contributed by atoms with Gasteiger partial charge in [-0.25, -0.2) is 4.39 Å². The summed E-state index contributed by atoms with van der Waals surface area (Å²) in [7, 11) is 2.20. The Bertz CT molecular complexity index is 670. The highest BCUT2D eigenvalue weighted by Gasteiger charge is 2.39. The maximum absolute atomic E-state index is 13.7. The van der Waals surface area contributed by atoms with Crippen LogP contribution in [-0.4, -0.2) is 23.2 Å². The number of halogens is 1. The third-order valence-corrected chi connectivity index (χ3v) is 6.38. The molecule has 0 N–H and O–H groups in total. The number of nitrogens with zero attached hydrogens (tertiary/aromatic N) is 1. The molecule has 1 heterocycles. The van der Waals surface area contributed by atoms with Gasteiger partial charge in [-0.05, 0) is 56.6 Å². The van der Waals surface area contributed by atoms with Crippen LogP contribution < -0.4 is 0 Å². The van der Waals surface area contributed by atoms with Gasteiger partial charge in [0.2, 0.25) is 0 Å². The minimum atomic E-state index is -0.137. The molecule has 1 aliphatic heterocycles. The molecule has 0 aliphatic carbocycles. The summed E-state index contributed by atoms with van der Waals surface area (Å²) in [6, 6.07) is 16.8. The Morgan fingerprint density at radius 3 is 2.58 bits per heavy atom. The number of thioether (sulfide) groups is 1. The van der Waals surface area contributed by atoms with Crippen LogP contribution >= 0.6 is 11.8 Å². The highest BCUT2D eigenvalue weighted by Crippen LogP contribution is 2.44. The number of aryl methyl sites for hydroxylation is 1. The third kappa shape index (κ3) is 3.84. The first-order valence-corrected chi connectivity index (χ1v) is 9.67. The van der Waals surface area contributed by atoms with Crippen LogP contribution in [0.3, 0.4) is 0 Å². The minimum Gasteiger partial charge on any atom is -0.295 e. The normalized spacial score (nSPS) is 24.4. The summed E-state index contributed by atoms with van der Waals surface area (Å²) in [4.78, 5) is 3.80. The molecule has 128 valence electrons. The molecule has 0 amide bonds. The maximum Gasteiger partial charge on any atom is 0.123 e. The van der Waals surface area contributed by atoms with E-state index in [1.807, 2.05) is 17.8 Å². The molecule has 0 saturated carbocycles. The van der Waals surface area contributed by atoms with Crippen molar-refractivity contribution in [1.29, 1.82) is 0 Å². The first-order chi connectivity index (χ1) is 11.6. The predicted octanol–water partition coefficient (Wildman–Crippen LogP) is 5.84. The highest BCUT2D eigenvalue weighted by molar-refractivity contribution is 8.00. The van der Waals surface area contributed by atoms with E-state index >= 15 is 0 Å². The van der Waals surface area contributed by atoms with Gasteiger partial charge in [-0.3, -0.25) is 4.90 Å². The standard InChI is InChI=1S/C21H26FNS/c1-4-6-19-21(24-18-11-9-15(2)10-12-18)14-20(23(19)3)16-7-5-8-17(22)13-16/h5,7-13,19-21H,4,6,14H2,1-3H3. The summed E-state index contributed by atoms with van der Waals surface area (Å²) in [5, 5.41) is 0.547. The Hall–Kier alpha value is -1.32. The molecule has 1 saturated heterocycles. The molecule has 1 aliphatic rings. The summed E-state index contributed by atoms with van der Waals surface area (Å²) in [6.07, 6.45) is 3.44. The van der Waals surface area contributed by atoms with E-state index in [4.69, 9.17) is 0 Å². The second-order valence-electron chi connectivity index (χ2n) is 6.80. The molecule has 1 fully saturated rings. The van der Waals surface area contributed by atoms with E-state index in [2.05, 4.69) is 56.1 Å². The zero-order valence-electron chi connectivity index (χ0n) is 14.7. The van der Waals surface area contributed by atoms with Crippen molar-refractivity contribution in [2.24, 2.45) is 0 Å². The molecule has 2 aromatic carbocycles. The molecule has 3 unspecified atom stereocenters. The van der Waals surface area contributed by atoms with Crippen molar-refractivity contribution in [1.82, 2.24) is 4.90 Å². The van der Waals surface area contributed by atoms with E-state index in [1.165, 1.54) is 29.4 Å². The van der Waals surface area contributed by atoms with Crippen molar-refractivity contribution in [3.63, 3.8) is 0 Å². The monoisotopic (exact) mass is 343 g/mol. The van der Waals surface area contributed by atoms with Gasteiger partial charge in [0.1, 0.15) is 5.82 Å². The summed E-state index contributed by atoms with van der Waals surface area (Å²) in [5.74, 6) is -0.137. The zero-order valence-corrected chi connectivity index (χ0v) is 15.5. The quantitative estimate of drug-likeness (QED) is 0.671. The number of benzene rings is 2. The van der Waals surface area contributed by atoms with Gasteiger partial charge >= 0.3 is 0 Å². The molecular weight excluding hydrogens is 317 g/mol. The molecule has 3 atom stereocenters. The molecule has 2 aromatic rings. The number of hydrogen-bond acceptors (Lipinski definition) is 2. The Balaban J connectivity index is 1.81. The number of likely N-dealkylation sites (tertiary alicyclic amines) is 1. The molecule has 24 heavy (non-hydrogen) atoms. The van der Waals surface area contributed by atoms with Crippen LogP contribution in [0.5, 0.6) is 0 Å². The van der Waals surface area contributed by atoms with Crippen LogP contribution in [0.4, 0.5) is 4.39 Å². The van der Waals surface area contributed by atoms with Crippen molar-refractivity contribution >= 4 is 11.8 Å². The lowest BCUT2D eigenvalue weighted by Crippen LogP contribution is -2.31. The first-order valence-electron chi connectivity index (χ1n) is 8.79. The highest BCUT2D eigenvalue weighted by atomic mass is 32.2. The van der Waals surface area contributed by atoms with Gasteiger partial charge in [0.15, 0.2) is 0 Å². The Kier molecular flexibility index (Phi) is 5.62. The summed E-state index contributed by atoms with van der Waals surface area (Å²) < 4.78 is 13.7. The van der Waals surface area contributed by atoms with E-state index in [-0.39, 0.29) is 5.82 Å². The third-order valence-electron chi connectivity index (χ3n) is 5.03. The SMILES string of the molecule is CCCC1C(Sc2ccc(C)cc2)CC(c2cccc(F)c2)N1C. The van der Waals surface area contributed by atoms with Crippen molar-refractivity contribution in [2.45, 2.75) is 55.3 Å². The van der Waals surface area contributed by atoms with E-state index in [1.54, 1.807) is 6.07 Å². The molecule has 0 aromatic heterocycles. The van der Waals surface area contributed by atoms with Crippen molar-refractivity contribution in [3.8, 4) is 0 Å². The molecule has 3 rings (SSSR count). The van der Waals surface area contributed by atoms with Gasteiger partial charge in [-0.15, -0.1) is 11.8 Å². The molecular formula is C21H26FNS. The fourth-order valence-electron chi connectivity index (χ4n) is 3.73. The second kappa shape index (κ2) is 7.71. The smallest absolute Gasteiger partial charge is 0.123 e. The fourth-order valence-corrected chi connectivity index (χ4v) is 5.13. The van der Waals surface area contributed by atoms with Crippen LogP contribution in [0.1, 0.15) is 43.4 Å². The van der Waals surface area contributed by atoms with Crippen molar-refractivity contribution in [3.05, 3.63) is 65.5 Å². The number of rotatable bonds is 5. The van der Waals surface area contributed by atoms with Gasteiger partial charge in [-0.2, -0.15) is 0 Å². The second-order valence-corrected chi connectivity index (χ2v) is 8.11. The van der Waals surface area contributed by atoms with Crippen LogP contribution in [-0.2, 0) is 0 Å². The largest absolute Gasteiger partial charge is 0.295 e. The van der Waals surface area contributed by atoms with E-state index < -0.39 is 0 Å².